The molecule has 1 aliphatic heterocycles. The normalized spacial score (nSPS) is 13.9. The molecule has 5 heteroatoms. The molecule has 1 aromatic carbocycles. The monoisotopic (exact) mass is 260 g/mol. The highest BCUT2D eigenvalue weighted by Crippen LogP contribution is 2.40. The minimum Gasteiger partial charge on any atom is -0.486 e. The summed E-state index contributed by atoms with van der Waals surface area (Å²) in [6, 6.07) is 1.33. The molecule has 1 heterocycles. The fraction of sp³-hybridized carbons (Fsp3) is 0.222. The van der Waals surface area contributed by atoms with E-state index in [2.05, 4.69) is 15.9 Å². The lowest BCUT2D eigenvalue weighted by atomic mass is 10.2. The topological polar surface area (TPSA) is 35.5 Å². The first-order valence-corrected chi connectivity index (χ1v) is 4.76. The van der Waals surface area contributed by atoms with Crippen LogP contribution in [0.4, 0.5) is 4.39 Å². The largest absolute Gasteiger partial charge is 0.486 e. The Morgan fingerprint density at radius 3 is 2.86 bits per heavy atom. The van der Waals surface area contributed by atoms with Crippen LogP contribution in [-0.4, -0.2) is 19.5 Å². The molecule has 74 valence electrons. The van der Waals surface area contributed by atoms with E-state index in [1.54, 1.807) is 0 Å². The number of benzene rings is 1. The second-order valence-electron chi connectivity index (χ2n) is 2.74. The van der Waals surface area contributed by atoms with Crippen LogP contribution in [0.1, 0.15) is 10.4 Å². The lowest BCUT2D eigenvalue weighted by molar-refractivity contribution is 0.111. The van der Waals surface area contributed by atoms with E-state index in [0.717, 1.165) is 0 Å². The van der Waals surface area contributed by atoms with Gasteiger partial charge in [-0.1, -0.05) is 0 Å². The molecule has 0 aromatic heterocycles. The number of hydrogen-bond acceptors (Lipinski definition) is 3. The minimum atomic E-state index is -0.621. The Hall–Kier alpha value is -1.10. The fourth-order valence-corrected chi connectivity index (χ4v) is 1.77. The van der Waals surface area contributed by atoms with Gasteiger partial charge in [0.1, 0.15) is 13.2 Å². The minimum absolute atomic E-state index is 0.0406. The van der Waals surface area contributed by atoms with E-state index in [1.165, 1.54) is 6.07 Å². The Morgan fingerprint density at radius 2 is 2.14 bits per heavy atom. The van der Waals surface area contributed by atoms with Gasteiger partial charge in [0.15, 0.2) is 23.6 Å². The Labute approximate surface area is 87.9 Å². The molecule has 0 unspecified atom stereocenters. The van der Waals surface area contributed by atoms with Gasteiger partial charge in [0.05, 0.1) is 10.0 Å². The summed E-state index contributed by atoms with van der Waals surface area (Å²) in [5.74, 6) is 0.0928. The third-order valence-corrected chi connectivity index (χ3v) is 2.58. The average molecular weight is 261 g/mol. The lowest BCUT2D eigenvalue weighted by Crippen LogP contribution is -2.16. The summed E-state index contributed by atoms with van der Waals surface area (Å²) < 4.78 is 23.9. The summed E-state index contributed by atoms with van der Waals surface area (Å²) in [4.78, 5) is 10.5. The highest BCUT2D eigenvalue weighted by molar-refractivity contribution is 9.10. The summed E-state index contributed by atoms with van der Waals surface area (Å²) in [7, 11) is 0. The maximum atomic E-state index is 13.4. The van der Waals surface area contributed by atoms with E-state index in [-0.39, 0.29) is 10.0 Å². The molecule has 0 spiro atoms. The predicted molar refractivity (Wildman–Crippen MR) is 50.5 cm³/mol. The van der Waals surface area contributed by atoms with Gasteiger partial charge < -0.3 is 9.47 Å². The molecule has 1 aliphatic rings. The van der Waals surface area contributed by atoms with Crippen LogP contribution in [0.15, 0.2) is 10.5 Å². The molecule has 0 amide bonds. The summed E-state index contributed by atoms with van der Waals surface area (Å²) >= 11 is 3.02. The average Bonchev–Trinajstić information content (AvgIpc) is 2.23. The number of carbonyl (C=O) groups is 1. The molecule has 0 saturated heterocycles. The number of hydrogen-bond donors (Lipinski definition) is 0. The van der Waals surface area contributed by atoms with E-state index in [1.807, 2.05) is 0 Å². The number of halogens is 2. The Morgan fingerprint density at radius 1 is 1.43 bits per heavy atom. The van der Waals surface area contributed by atoms with Gasteiger partial charge in [0.25, 0.3) is 0 Å². The molecule has 2 rings (SSSR count). The number of ether oxygens (including phenoxy) is 2. The standard InChI is InChI=1S/C9H6BrFO3/c10-7-8(11)5(4-12)3-6-9(7)14-2-1-13-6/h3-4H,1-2H2. The van der Waals surface area contributed by atoms with E-state index in [9.17, 15) is 9.18 Å². The molecule has 0 saturated carbocycles. The highest BCUT2D eigenvalue weighted by atomic mass is 79.9. The Bertz CT molecular complexity index is 392. The van der Waals surface area contributed by atoms with Gasteiger partial charge in [0, 0.05) is 0 Å². The zero-order valence-electron chi connectivity index (χ0n) is 7.05. The SMILES string of the molecule is O=Cc1cc2c(c(Br)c1F)OCCO2. The van der Waals surface area contributed by atoms with Crippen molar-refractivity contribution < 1.29 is 18.7 Å². The van der Waals surface area contributed by atoms with Crippen LogP contribution in [0.5, 0.6) is 11.5 Å². The predicted octanol–water partition coefficient (Wildman–Crippen LogP) is 2.17. The molecule has 1 aromatic rings. The second kappa shape index (κ2) is 3.57. The maximum absolute atomic E-state index is 13.4. The molecular weight excluding hydrogens is 255 g/mol. The molecule has 0 fully saturated rings. The van der Waals surface area contributed by atoms with Crippen molar-refractivity contribution in [2.75, 3.05) is 13.2 Å². The molecule has 0 aliphatic carbocycles. The van der Waals surface area contributed by atoms with Crippen LogP contribution in [0, 0.1) is 5.82 Å². The van der Waals surface area contributed by atoms with Gasteiger partial charge >= 0.3 is 0 Å². The molecular formula is C9H6BrFO3. The third-order valence-electron chi connectivity index (χ3n) is 1.87. The maximum Gasteiger partial charge on any atom is 0.178 e. The van der Waals surface area contributed by atoms with Crippen molar-refractivity contribution in [3.63, 3.8) is 0 Å². The quantitative estimate of drug-likeness (QED) is 0.727. The van der Waals surface area contributed by atoms with Crippen molar-refractivity contribution >= 4 is 22.2 Å². The summed E-state index contributed by atoms with van der Waals surface area (Å²) in [6.45, 7) is 0.787. The number of aldehydes is 1. The van der Waals surface area contributed by atoms with E-state index >= 15 is 0 Å². The van der Waals surface area contributed by atoms with E-state index in [0.29, 0.717) is 31.0 Å². The van der Waals surface area contributed by atoms with Crippen LogP contribution < -0.4 is 9.47 Å². The first-order chi connectivity index (χ1) is 6.74. The summed E-state index contributed by atoms with van der Waals surface area (Å²) in [6.07, 6.45) is 0.443. The number of carbonyl (C=O) groups excluding carboxylic acids is 1. The number of fused-ring (bicyclic) bond motifs is 1. The van der Waals surface area contributed by atoms with Crippen molar-refractivity contribution in [2.45, 2.75) is 0 Å². The molecule has 0 bridgehead atoms. The van der Waals surface area contributed by atoms with Crippen molar-refractivity contribution in [3.05, 3.63) is 21.9 Å². The van der Waals surface area contributed by atoms with Crippen molar-refractivity contribution in [2.24, 2.45) is 0 Å². The molecule has 0 radical (unpaired) electrons. The van der Waals surface area contributed by atoms with Crippen molar-refractivity contribution in [1.29, 1.82) is 0 Å². The highest BCUT2D eigenvalue weighted by Gasteiger charge is 2.21. The zero-order valence-corrected chi connectivity index (χ0v) is 8.64. The van der Waals surface area contributed by atoms with Gasteiger partial charge in [-0.3, -0.25) is 4.79 Å². The smallest absolute Gasteiger partial charge is 0.178 e. The summed E-state index contributed by atoms with van der Waals surface area (Å²) in [5, 5.41) is 0. The summed E-state index contributed by atoms with van der Waals surface area (Å²) in [5.41, 5.74) is -0.0406. The van der Waals surface area contributed by atoms with Crippen LogP contribution in [0.25, 0.3) is 0 Å². The van der Waals surface area contributed by atoms with Crippen LogP contribution in [-0.2, 0) is 0 Å². The Balaban J connectivity index is 2.62. The van der Waals surface area contributed by atoms with Crippen LogP contribution >= 0.6 is 15.9 Å². The van der Waals surface area contributed by atoms with Crippen LogP contribution in [0.3, 0.4) is 0 Å². The Kier molecular flexibility index (Phi) is 2.41. The molecule has 0 atom stereocenters. The van der Waals surface area contributed by atoms with Gasteiger partial charge in [0.2, 0.25) is 0 Å². The second-order valence-corrected chi connectivity index (χ2v) is 3.53. The molecule has 0 N–H and O–H groups in total. The van der Waals surface area contributed by atoms with Crippen LogP contribution in [0.2, 0.25) is 0 Å². The van der Waals surface area contributed by atoms with E-state index in [4.69, 9.17) is 9.47 Å². The van der Waals surface area contributed by atoms with Gasteiger partial charge in [-0.05, 0) is 22.0 Å². The van der Waals surface area contributed by atoms with Gasteiger partial charge in [-0.15, -0.1) is 0 Å². The van der Waals surface area contributed by atoms with Gasteiger partial charge in [-0.25, -0.2) is 4.39 Å². The van der Waals surface area contributed by atoms with Gasteiger partial charge in [-0.2, -0.15) is 0 Å². The van der Waals surface area contributed by atoms with E-state index < -0.39 is 5.82 Å². The zero-order chi connectivity index (χ0) is 10.1. The third kappa shape index (κ3) is 1.37. The van der Waals surface area contributed by atoms with Crippen molar-refractivity contribution in [3.8, 4) is 11.5 Å². The first-order valence-electron chi connectivity index (χ1n) is 3.97. The molecule has 14 heavy (non-hydrogen) atoms. The first kappa shape index (κ1) is 9.45. The molecule has 3 nitrogen and oxygen atoms in total. The number of rotatable bonds is 1. The fourth-order valence-electron chi connectivity index (χ4n) is 1.23. The lowest BCUT2D eigenvalue weighted by Gasteiger charge is -2.20. The van der Waals surface area contributed by atoms with Crippen molar-refractivity contribution in [1.82, 2.24) is 0 Å².